The summed E-state index contributed by atoms with van der Waals surface area (Å²) in [6.07, 6.45) is 0.639. The summed E-state index contributed by atoms with van der Waals surface area (Å²) in [6, 6.07) is 1.41. The minimum atomic E-state index is -1.55. The molecular weight excluding hydrogens is 246 g/mol. The molecule has 1 aromatic rings. The highest BCUT2D eigenvalue weighted by atomic mass is 19.1. The molecule has 0 aliphatic heterocycles. The van der Waals surface area contributed by atoms with Crippen LogP contribution in [-0.2, 0) is 10.2 Å². The van der Waals surface area contributed by atoms with Gasteiger partial charge in [0.2, 0.25) is 0 Å². The van der Waals surface area contributed by atoms with Crippen molar-refractivity contribution >= 4 is 11.9 Å². The third-order valence-corrected chi connectivity index (χ3v) is 3.20. The molecule has 0 bridgehead atoms. The fourth-order valence-electron chi connectivity index (χ4n) is 2.10. The smallest absolute Gasteiger partial charge is 0.338 e. The summed E-state index contributed by atoms with van der Waals surface area (Å²) in [7, 11) is 0. The molecule has 2 N–H and O–H groups in total. The van der Waals surface area contributed by atoms with E-state index >= 15 is 0 Å². The molecule has 0 amide bonds. The van der Waals surface area contributed by atoms with Crippen LogP contribution >= 0.6 is 0 Å². The van der Waals surface area contributed by atoms with E-state index in [1.165, 1.54) is 0 Å². The van der Waals surface area contributed by atoms with Crippen molar-refractivity contribution in [3.8, 4) is 0 Å². The summed E-state index contributed by atoms with van der Waals surface area (Å²) in [5.41, 5.74) is -1.68. The van der Waals surface area contributed by atoms with Crippen LogP contribution in [0.3, 0.4) is 0 Å². The van der Waals surface area contributed by atoms with Gasteiger partial charge in [0.05, 0.1) is 12.0 Å². The van der Waals surface area contributed by atoms with Gasteiger partial charge < -0.3 is 10.2 Å². The maximum Gasteiger partial charge on any atom is 0.338 e. The molecule has 96 valence electrons. The van der Waals surface area contributed by atoms with Crippen LogP contribution in [0.1, 0.15) is 35.2 Å². The van der Waals surface area contributed by atoms with E-state index in [0.717, 1.165) is 6.07 Å². The zero-order valence-electron chi connectivity index (χ0n) is 9.24. The van der Waals surface area contributed by atoms with Gasteiger partial charge >= 0.3 is 11.9 Å². The number of aliphatic carboxylic acids is 1. The van der Waals surface area contributed by atoms with Gasteiger partial charge in [0, 0.05) is 5.41 Å². The second-order valence-corrected chi connectivity index (χ2v) is 4.47. The summed E-state index contributed by atoms with van der Waals surface area (Å²) >= 11 is 0. The second kappa shape index (κ2) is 4.04. The van der Waals surface area contributed by atoms with E-state index in [4.69, 9.17) is 10.2 Å². The number of rotatable bonds is 4. The molecule has 0 atom stereocenters. The van der Waals surface area contributed by atoms with Crippen molar-refractivity contribution in [2.45, 2.75) is 24.7 Å². The van der Waals surface area contributed by atoms with Crippen LogP contribution in [0.15, 0.2) is 12.1 Å². The Balaban J connectivity index is 2.44. The first kappa shape index (κ1) is 12.5. The minimum absolute atomic E-state index is 0.0487. The Kier molecular flexibility index (Phi) is 2.80. The van der Waals surface area contributed by atoms with Crippen molar-refractivity contribution in [3.63, 3.8) is 0 Å². The minimum Gasteiger partial charge on any atom is -0.481 e. The lowest BCUT2D eigenvalue weighted by atomic mass is 9.91. The number of hydrogen-bond acceptors (Lipinski definition) is 2. The zero-order valence-corrected chi connectivity index (χ0v) is 9.24. The summed E-state index contributed by atoms with van der Waals surface area (Å²) < 4.78 is 27.2. The van der Waals surface area contributed by atoms with E-state index in [9.17, 15) is 18.4 Å². The molecular formula is C12H10F2O4. The fourth-order valence-corrected chi connectivity index (χ4v) is 2.10. The lowest BCUT2D eigenvalue weighted by molar-refractivity contribution is -0.137. The number of aromatic carboxylic acids is 1. The maximum absolute atomic E-state index is 13.8. The van der Waals surface area contributed by atoms with E-state index in [-0.39, 0.29) is 12.0 Å². The first-order valence-electron chi connectivity index (χ1n) is 5.30. The summed E-state index contributed by atoms with van der Waals surface area (Å²) in [4.78, 5) is 21.3. The molecule has 6 heteroatoms. The third kappa shape index (κ3) is 2.05. The third-order valence-electron chi connectivity index (χ3n) is 3.20. The van der Waals surface area contributed by atoms with Crippen LogP contribution in [-0.4, -0.2) is 22.2 Å². The Morgan fingerprint density at radius 2 is 1.78 bits per heavy atom. The number of hydrogen-bond donors (Lipinski definition) is 2. The Hall–Kier alpha value is -1.98. The SMILES string of the molecule is O=C(O)CC1(c2cc(F)c(C(=O)O)cc2F)CC1. The van der Waals surface area contributed by atoms with Crippen molar-refractivity contribution in [1.29, 1.82) is 0 Å². The number of carboxylic acid groups (broad SMARTS) is 2. The molecule has 0 saturated heterocycles. The summed E-state index contributed by atoms with van der Waals surface area (Å²) in [5.74, 6) is -4.56. The van der Waals surface area contributed by atoms with Crippen LogP contribution in [0, 0.1) is 11.6 Å². The number of carbonyl (C=O) groups is 2. The largest absolute Gasteiger partial charge is 0.481 e. The molecule has 4 nitrogen and oxygen atoms in total. The average Bonchev–Trinajstić information content (AvgIpc) is 3.00. The van der Waals surface area contributed by atoms with Crippen molar-refractivity contribution in [3.05, 3.63) is 34.9 Å². The predicted molar refractivity (Wildman–Crippen MR) is 56.5 cm³/mol. The van der Waals surface area contributed by atoms with Gasteiger partial charge in [-0.25, -0.2) is 13.6 Å². The van der Waals surface area contributed by atoms with Gasteiger partial charge in [-0.2, -0.15) is 0 Å². The molecule has 1 aliphatic rings. The van der Waals surface area contributed by atoms with Crippen molar-refractivity contribution in [1.82, 2.24) is 0 Å². The first-order chi connectivity index (χ1) is 8.35. The van der Waals surface area contributed by atoms with Gasteiger partial charge in [-0.1, -0.05) is 0 Å². The molecule has 0 unspecified atom stereocenters. The van der Waals surface area contributed by atoms with Crippen molar-refractivity contribution in [2.75, 3.05) is 0 Å². The average molecular weight is 256 g/mol. The number of halogens is 2. The number of benzene rings is 1. The summed E-state index contributed by atoms with van der Waals surface area (Å²) in [6.45, 7) is 0. The van der Waals surface area contributed by atoms with Gasteiger partial charge in [0.15, 0.2) is 0 Å². The van der Waals surface area contributed by atoms with Gasteiger partial charge in [-0.3, -0.25) is 4.79 Å². The van der Waals surface area contributed by atoms with Gasteiger partial charge in [0.1, 0.15) is 11.6 Å². The normalized spacial score (nSPS) is 16.3. The van der Waals surface area contributed by atoms with Gasteiger partial charge in [0.25, 0.3) is 0 Å². The highest BCUT2D eigenvalue weighted by Crippen LogP contribution is 2.52. The molecule has 0 spiro atoms. The lowest BCUT2D eigenvalue weighted by Crippen LogP contribution is -2.16. The van der Waals surface area contributed by atoms with E-state index < -0.39 is 34.6 Å². The molecule has 2 rings (SSSR count). The molecule has 1 saturated carbocycles. The Labute approximate surface area is 101 Å². The Morgan fingerprint density at radius 3 is 2.22 bits per heavy atom. The molecule has 1 aromatic carbocycles. The van der Waals surface area contributed by atoms with E-state index in [2.05, 4.69) is 0 Å². The first-order valence-corrected chi connectivity index (χ1v) is 5.30. The van der Waals surface area contributed by atoms with Gasteiger partial charge in [-0.15, -0.1) is 0 Å². The lowest BCUT2D eigenvalue weighted by Gasteiger charge is -2.14. The van der Waals surface area contributed by atoms with Crippen LogP contribution in [0.4, 0.5) is 8.78 Å². The standard InChI is InChI=1S/C12H10F2O4/c13-8-4-7(9(14)3-6(8)11(17)18)12(1-2-12)5-10(15)16/h3-4H,1-2,5H2,(H,15,16)(H,17,18). The van der Waals surface area contributed by atoms with Crippen LogP contribution < -0.4 is 0 Å². The highest BCUT2D eigenvalue weighted by molar-refractivity contribution is 5.88. The van der Waals surface area contributed by atoms with Crippen LogP contribution in [0.2, 0.25) is 0 Å². The monoisotopic (exact) mass is 256 g/mol. The van der Waals surface area contributed by atoms with E-state index in [1.54, 1.807) is 0 Å². The van der Waals surface area contributed by atoms with Crippen molar-refractivity contribution in [2.24, 2.45) is 0 Å². The van der Waals surface area contributed by atoms with E-state index in [0.29, 0.717) is 18.9 Å². The van der Waals surface area contributed by atoms with Gasteiger partial charge in [-0.05, 0) is 30.5 Å². The Bertz CT molecular complexity index is 535. The molecule has 1 aliphatic carbocycles. The Morgan fingerprint density at radius 1 is 1.17 bits per heavy atom. The highest BCUT2D eigenvalue weighted by Gasteiger charge is 2.48. The second-order valence-electron chi connectivity index (χ2n) is 4.47. The molecule has 0 radical (unpaired) electrons. The molecule has 1 fully saturated rings. The zero-order chi connectivity index (χ0) is 13.5. The fraction of sp³-hybridized carbons (Fsp3) is 0.333. The maximum atomic E-state index is 13.8. The molecule has 18 heavy (non-hydrogen) atoms. The molecule has 0 aromatic heterocycles. The topological polar surface area (TPSA) is 74.6 Å². The summed E-state index contributed by atoms with van der Waals surface area (Å²) in [5, 5.41) is 17.4. The molecule has 0 heterocycles. The predicted octanol–water partition coefficient (Wildman–Crippen LogP) is 2.17. The number of carboxylic acids is 2. The van der Waals surface area contributed by atoms with Crippen LogP contribution in [0.5, 0.6) is 0 Å². The van der Waals surface area contributed by atoms with Crippen molar-refractivity contribution < 1.29 is 28.6 Å². The quantitative estimate of drug-likeness (QED) is 0.865. The van der Waals surface area contributed by atoms with E-state index in [1.807, 2.05) is 0 Å². The van der Waals surface area contributed by atoms with Crippen LogP contribution in [0.25, 0.3) is 0 Å².